The number of ether oxygens (including phenoxy) is 3. The van der Waals surface area contributed by atoms with Gasteiger partial charge in [0.25, 0.3) is 0 Å². The van der Waals surface area contributed by atoms with Crippen molar-refractivity contribution >= 4 is 0 Å². The molecule has 0 rings (SSSR count). The Labute approximate surface area is 91.7 Å². The fraction of sp³-hybridized carbons (Fsp3) is 1.00. The molecule has 0 fully saturated rings. The number of hydrogen-bond donors (Lipinski definition) is 2. The van der Waals surface area contributed by atoms with Gasteiger partial charge in [-0.15, -0.1) is 0 Å². The molecule has 0 aliphatic heterocycles. The molecule has 0 aliphatic rings. The van der Waals surface area contributed by atoms with Gasteiger partial charge in [0.05, 0.1) is 33.0 Å². The molecule has 5 heteroatoms. The number of aliphatic hydroxyl groups is 1. The molecule has 0 amide bonds. The normalized spacial score (nSPS) is 10.8. The molecule has 0 atom stereocenters. The van der Waals surface area contributed by atoms with E-state index in [1.807, 2.05) is 0 Å². The summed E-state index contributed by atoms with van der Waals surface area (Å²) in [5.41, 5.74) is 0. The highest BCUT2D eigenvalue weighted by Crippen LogP contribution is 1.79. The van der Waals surface area contributed by atoms with Gasteiger partial charge in [-0.3, -0.25) is 0 Å². The Kier molecular flexibility index (Phi) is 13.6. The van der Waals surface area contributed by atoms with E-state index in [1.165, 1.54) is 0 Å². The molecule has 0 radical (unpaired) electrons. The van der Waals surface area contributed by atoms with E-state index >= 15 is 0 Å². The Morgan fingerprint density at radius 3 is 2.27 bits per heavy atom. The Balaban J connectivity index is 2.81. The second kappa shape index (κ2) is 13.8. The zero-order valence-electron chi connectivity index (χ0n) is 9.54. The Bertz CT molecular complexity index is 102. The SMILES string of the molecule is COCCOCCOCCNCCCO. The molecule has 0 heterocycles. The van der Waals surface area contributed by atoms with Crippen LogP contribution in [0.2, 0.25) is 0 Å². The minimum Gasteiger partial charge on any atom is -0.396 e. The molecule has 5 nitrogen and oxygen atoms in total. The third-order valence-corrected chi connectivity index (χ3v) is 1.74. The summed E-state index contributed by atoms with van der Waals surface area (Å²) in [5, 5.41) is 11.7. The van der Waals surface area contributed by atoms with Crippen molar-refractivity contribution in [3.05, 3.63) is 0 Å². The second-order valence-corrected chi connectivity index (χ2v) is 3.04. The first-order valence-corrected chi connectivity index (χ1v) is 5.37. The lowest BCUT2D eigenvalue weighted by Crippen LogP contribution is -2.22. The molecule has 15 heavy (non-hydrogen) atoms. The fourth-order valence-electron chi connectivity index (χ4n) is 0.938. The van der Waals surface area contributed by atoms with E-state index in [0.717, 1.165) is 19.5 Å². The minimum atomic E-state index is 0.237. The summed E-state index contributed by atoms with van der Waals surface area (Å²) in [6.07, 6.45) is 0.792. The van der Waals surface area contributed by atoms with Crippen molar-refractivity contribution in [2.45, 2.75) is 6.42 Å². The molecule has 0 aliphatic carbocycles. The smallest absolute Gasteiger partial charge is 0.0701 e. The number of rotatable bonds is 12. The summed E-state index contributed by atoms with van der Waals surface area (Å²) in [6, 6.07) is 0. The monoisotopic (exact) mass is 221 g/mol. The first-order chi connectivity index (χ1) is 7.41. The zero-order chi connectivity index (χ0) is 11.2. The maximum atomic E-state index is 8.51. The van der Waals surface area contributed by atoms with Crippen LogP contribution in [0.5, 0.6) is 0 Å². The average molecular weight is 221 g/mol. The van der Waals surface area contributed by atoms with E-state index in [-0.39, 0.29) is 6.61 Å². The van der Waals surface area contributed by atoms with Crippen molar-refractivity contribution in [2.75, 3.05) is 59.8 Å². The highest BCUT2D eigenvalue weighted by atomic mass is 16.5. The Morgan fingerprint density at radius 2 is 1.60 bits per heavy atom. The largest absolute Gasteiger partial charge is 0.396 e. The van der Waals surface area contributed by atoms with Crippen LogP contribution in [0.1, 0.15) is 6.42 Å². The van der Waals surface area contributed by atoms with Crippen LogP contribution in [-0.2, 0) is 14.2 Å². The van der Waals surface area contributed by atoms with Crippen LogP contribution in [0, 0.1) is 0 Å². The number of nitrogens with one attached hydrogen (secondary N) is 1. The van der Waals surface area contributed by atoms with Crippen LogP contribution in [0.4, 0.5) is 0 Å². The molecule has 0 aromatic heterocycles. The predicted molar refractivity (Wildman–Crippen MR) is 58.1 cm³/mol. The Morgan fingerprint density at radius 1 is 0.933 bits per heavy atom. The van der Waals surface area contributed by atoms with Gasteiger partial charge in [0.1, 0.15) is 0 Å². The van der Waals surface area contributed by atoms with Gasteiger partial charge >= 0.3 is 0 Å². The van der Waals surface area contributed by atoms with Gasteiger partial charge < -0.3 is 24.6 Å². The van der Waals surface area contributed by atoms with Gasteiger partial charge in [-0.25, -0.2) is 0 Å². The van der Waals surface area contributed by atoms with Crippen LogP contribution in [0.3, 0.4) is 0 Å². The highest BCUT2D eigenvalue weighted by molar-refractivity contribution is 4.45. The first kappa shape index (κ1) is 14.8. The summed E-state index contributed by atoms with van der Waals surface area (Å²) in [7, 11) is 1.65. The molecular weight excluding hydrogens is 198 g/mol. The standard InChI is InChI=1S/C10H23NO4/c1-13-7-8-15-10-9-14-6-4-11-3-2-5-12/h11-12H,2-10H2,1H3. The van der Waals surface area contributed by atoms with Crippen LogP contribution in [0.25, 0.3) is 0 Å². The lowest BCUT2D eigenvalue weighted by molar-refractivity contribution is 0.0255. The van der Waals surface area contributed by atoms with Crippen molar-refractivity contribution in [3.63, 3.8) is 0 Å². The van der Waals surface area contributed by atoms with Crippen LogP contribution in [0.15, 0.2) is 0 Å². The molecule has 0 saturated heterocycles. The zero-order valence-corrected chi connectivity index (χ0v) is 9.54. The van der Waals surface area contributed by atoms with E-state index in [1.54, 1.807) is 7.11 Å². The van der Waals surface area contributed by atoms with Gasteiger partial charge in [0.15, 0.2) is 0 Å². The third kappa shape index (κ3) is 13.8. The lowest BCUT2D eigenvalue weighted by Gasteiger charge is -2.06. The van der Waals surface area contributed by atoms with Gasteiger partial charge in [0.2, 0.25) is 0 Å². The van der Waals surface area contributed by atoms with E-state index in [9.17, 15) is 0 Å². The summed E-state index contributed by atoms with van der Waals surface area (Å²) >= 11 is 0. The van der Waals surface area contributed by atoms with Crippen LogP contribution >= 0.6 is 0 Å². The van der Waals surface area contributed by atoms with Crippen molar-refractivity contribution in [2.24, 2.45) is 0 Å². The molecule has 0 aromatic carbocycles. The number of aliphatic hydroxyl groups excluding tert-OH is 1. The van der Waals surface area contributed by atoms with Crippen molar-refractivity contribution in [1.29, 1.82) is 0 Å². The van der Waals surface area contributed by atoms with Crippen molar-refractivity contribution in [1.82, 2.24) is 5.32 Å². The minimum absolute atomic E-state index is 0.237. The maximum absolute atomic E-state index is 8.51. The van der Waals surface area contributed by atoms with Gasteiger partial charge in [-0.1, -0.05) is 0 Å². The summed E-state index contributed by atoms with van der Waals surface area (Å²) < 4.78 is 15.3. The maximum Gasteiger partial charge on any atom is 0.0701 e. The number of hydrogen-bond acceptors (Lipinski definition) is 5. The molecule has 0 unspecified atom stereocenters. The molecule has 0 spiro atoms. The molecule has 2 N–H and O–H groups in total. The molecule has 92 valence electrons. The van der Waals surface area contributed by atoms with E-state index < -0.39 is 0 Å². The average Bonchev–Trinajstić information content (AvgIpc) is 2.26. The molecule has 0 bridgehead atoms. The quantitative estimate of drug-likeness (QED) is 0.441. The van der Waals surface area contributed by atoms with Crippen LogP contribution < -0.4 is 5.32 Å². The van der Waals surface area contributed by atoms with Gasteiger partial charge in [-0.2, -0.15) is 0 Å². The molecular formula is C10H23NO4. The topological polar surface area (TPSA) is 60.0 Å². The predicted octanol–water partition coefficient (Wildman–Crippen LogP) is -0.362. The third-order valence-electron chi connectivity index (χ3n) is 1.74. The Hall–Kier alpha value is -0.200. The first-order valence-electron chi connectivity index (χ1n) is 5.37. The lowest BCUT2D eigenvalue weighted by atomic mass is 10.4. The second-order valence-electron chi connectivity index (χ2n) is 3.04. The van der Waals surface area contributed by atoms with E-state index in [4.69, 9.17) is 19.3 Å². The highest BCUT2D eigenvalue weighted by Gasteiger charge is 1.90. The summed E-state index contributed by atoms with van der Waals surface area (Å²) in [4.78, 5) is 0. The number of methoxy groups -OCH3 is 1. The van der Waals surface area contributed by atoms with E-state index in [0.29, 0.717) is 33.0 Å². The van der Waals surface area contributed by atoms with Crippen LogP contribution in [-0.4, -0.2) is 64.9 Å². The summed E-state index contributed by atoms with van der Waals surface area (Å²) in [6.45, 7) is 5.05. The molecule has 0 aromatic rings. The summed E-state index contributed by atoms with van der Waals surface area (Å²) in [5.74, 6) is 0. The fourth-order valence-corrected chi connectivity index (χ4v) is 0.938. The van der Waals surface area contributed by atoms with Crippen molar-refractivity contribution in [3.8, 4) is 0 Å². The van der Waals surface area contributed by atoms with Gasteiger partial charge in [-0.05, 0) is 13.0 Å². The van der Waals surface area contributed by atoms with Gasteiger partial charge in [0, 0.05) is 20.3 Å². The van der Waals surface area contributed by atoms with E-state index in [2.05, 4.69) is 5.32 Å². The van der Waals surface area contributed by atoms with Crippen molar-refractivity contribution < 1.29 is 19.3 Å². The molecule has 0 saturated carbocycles.